The first kappa shape index (κ1) is 20.0. The van der Waals surface area contributed by atoms with E-state index < -0.39 is 0 Å². The summed E-state index contributed by atoms with van der Waals surface area (Å²) in [5.41, 5.74) is 1.51. The van der Waals surface area contributed by atoms with Crippen LogP contribution in [0.25, 0.3) is 0 Å². The van der Waals surface area contributed by atoms with Crippen molar-refractivity contribution in [3.8, 4) is 0 Å². The van der Waals surface area contributed by atoms with E-state index in [1.165, 1.54) is 0 Å². The van der Waals surface area contributed by atoms with E-state index in [9.17, 15) is 9.59 Å². The van der Waals surface area contributed by atoms with Crippen LogP contribution >= 0.6 is 0 Å². The van der Waals surface area contributed by atoms with Crippen molar-refractivity contribution in [1.82, 2.24) is 25.6 Å². The van der Waals surface area contributed by atoms with Crippen molar-refractivity contribution in [1.29, 1.82) is 0 Å². The van der Waals surface area contributed by atoms with E-state index in [1.807, 2.05) is 32.4 Å². The highest BCUT2D eigenvalue weighted by Crippen LogP contribution is 2.22. The number of nitrogens with zero attached hydrogens (tertiary/aromatic N) is 3. The van der Waals surface area contributed by atoms with Gasteiger partial charge in [-0.25, -0.2) is 4.68 Å². The Labute approximate surface area is 165 Å². The summed E-state index contributed by atoms with van der Waals surface area (Å²) >= 11 is 0. The SMILES string of the molecule is Cc1c(C(=O)Nc2ccccc2C(=O)NC(C)(C)C)nnn1C1CCNCC1. The van der Waals surface area contributed by atoms with Gasteiger partial charge >= 0.3 is 0 Å². The molecule has 0 atom stereocenters. The minimum Gasteiger partial charge on any atom is -0.347 e. The van der Waals surface area contributed by atoms with Crippen molar-refractivity contribution in [3.63, 3.8) is 0 Å². The number of benzene rings is 1. The molecule has 1 fully saturated rings. The quantitative estimate of drug-likeness (QED) is 0.751. The Hall–Kier alpha value is -2.74. The van der Waals surface area contributed by atoms with Crippen molar-refractivity contribution < 1.29 is 9.59 Å². The van der Waals surface area contributed by atoms with Crippen LogP contribution in [0, 0.1) is 6.92 Å². The van der Waals surface area contributed by atoms with E-state index in [0.717, 1.165) is 31.6 Å². The number of aromatic nitrogens is 3. The van der Waals surface area contributed by atoms with Gasteiger partial charge in [0.1, 0.15) is 0 Å². The number of rotatable bonds is 4. The summed E-state index contributed by atoms with van der Waals surface area (Å²) in [5, 5.41) is 17.4. The smallest absolute Gasteiger partial charge is 0.278 e. The van der Waals surface area contributed by atoms with Crippen molar-refractivity contribution in [2.45, 2.75) is 52.1 Å². The summed E-state index contributed by atoms with van der Waals surface area (Å²) < 4.78 is 1.84. The topological polar surface area (TPSA) is 101 Å². The molecule has 1 aromatic heterocycles. The summed E-state index contributed by atoms with van der Waals surface area (Å²) in [5.74, 6) is -0.604. The van der Waals surface area contributed by atoms with Gasteiger partial charge in [-0.2, -0.15) is 0 Å². The number of amides is 2. The van der Waals surface area contributed by atoms with Gasteiger partial charge in [-0.15, -0.1) is 5.10 Å². The lowest BCUT2D eigenvalue weighted by Crippen LogP contribution is -2.40. The van der Waals surface area contributed by atoms with Gasteiger partial charge in [-0.05, 0) is 65.8 Å². The molecule has 1 saturated heterocycles. The van der Waals surface area contributed by atoms with Crippen LogP contribution in [0.15, 0.2) is 24.3 Å². The zero-order valence-electron chi connectivity index (χ0n) is 16.9. The number of nitrogens with one attached hydrogen (secondary N) is 3. The Bertz CT molecular complexity index is 862. The number of piperidine rings is 1. The van der Waals surface area contributed by atoms with Crippen molar-refractivity contribution in [2.75, 3.05) is 18.4 Å². The second-order valence-electron chi connectivity index (χ2n) is 8.15. The monoisotopic (exact) mass is 384 g/mol. The lowest BCUT2D eigenvalue weighted by Gasteiger charge is -2.23. The molecule has 2 aromatic rings. The van der Waals surface area contributed by atoms with E-state index in [0.29, 0.717) is 11.3 Å². The fourth-order valence-electron chi connectivity index (χ4n) is 3.33. The highest BCUT2D eigenvalue weighted by Gasteiger charge is 2.24. The van der Waals surface area contributed by atoms with Crippen LogP contribution in [0.2, 0.25) is 0 Å². The average molecular weight is 384 g/mol. The van der Waals surface area contributed by atoms with Crippen molar-refractivity contribution in [3.05, 3.63) is 41.2 Å². The number of para-hydroxylation sites is 1. The zero-order chi connectivity index (χ0) is 20.3. The van der Waals surface area contributed by atoms with Gasteiger partial charge in [-0.1, -0.05) is 17.3 Å². The molecule has 2 heterocycles. The van der Waals surface area contributed by atoms with Gasteiger partial charge in [0, 0.05) is 5.54 Å². The molecule has 0 spiro atoms. The molecule has 0 unspecified atom stereocenters. The molecule has 8 heteroatoms. The maximum atomic E-state index is 12.8. The van der Waals surface area contributed by atoms with Crippen LogP contribution in [0.4, 0.5) is 5.69 Å². The van der Waals surface area contributed by atoms with Gasteiger partial charge in [-0.3, -0.25) is 9.59 Å². The second kappa shape index (κ2) is 8.10. The highest BCUT2D eigenvalue weighted by atomic mass is 16.2. The number of carbonyl (C=O) groups is 2. The Morgan fingerprint density at radius 1 is 1.14 bits per heavy atom. The minimum absolute atomic E-state index is 0.238. The molecule has 3 N–H and O–H groups in total. The molecule has 3 rings (SSSR count). The summed E-state index contributed by atoms with van der Waals surface area (Å²) in [6.07, 6.45) is 1.92. The third-order valence-corrected chi connectivity index (χ3v) is 4.71. The Morgan fingerprint density at radius 2 is 1.82 bits per heavy atom. The first-order chi connectivity index (χ1) is 13.3. The predicted octanol–water partition coefficient (Wildman–Crippen LogP) is 2.29. The molecule has 0 saturated carbocycles. The Balaban J connectivity index is 1.79. The maximum absolute atomic E-state index is 12.8. The number of hydrogen-bond donors (Lipinski definition) is 3. The molecule has 1 aliphatic heterocycles. The summed E-state index contributed by atoms with van der Waals surface area (Å²) in [6, 6.07) is 7.20. The summed E-state index contributed by atoms with van der Waals surface area (Å²) in [7, 11) is 0. The van der Waals surface area contributed by atoms with Crippen LogP contribution < -0.4 is 16.0 Å². The van der Waals surface area contributed by atoms with E-state index in [1.54, 1.807) is 24.3 Å². The first-order valence-corrected chi connectivity index (χ1v) is 9.61. The van der Waals surface area contributed by atoms with Gasteiger partial charge < -0.3 is 16.0 Å². The van der Waals surface area contributed by atoms with Crippen molar-refractivity contribution in [2.24, 2.45) is 0 Å². The van der Waals surface area contributed by atoms with Crippen LogP contribution in [-0.2, 0) is 0 Å². The van der Waals surface area contributed by atoms with E-state index in [4.69, 9.17) is 0 Å². The Morgan fingerprint density at radius 3 is 2.50 bits per heavy atom. The molecule has 8 nitrogen and oxygen atoms in total. The van der Waals surface area contributed by atoms with E-state index in [2.05, 4.69) is 26.3 Å². The second-order valence-corrected chi connectivity index (χ2v) is 8.15. The fourth-order valence-corrected chi connectivity index (χ4v) is 3.33. The molecule has 0 aliphatic carbocycles. The van der Waals surface area contributed by atoms with Crippen molar-refractivity contribution >= 4 is 17.5 Å². The molecule has 1 aromatic carbocycles. The number of carbonyl (C=O) groups excluding carboxylic acids is 2. The first-order valence-electron chi connectivity index (χ1n) is 9.61. The standard InChI is InChI=1S/C20H28N6O2/c1-13-17(24-25-26(13)14-9-11-21-12-10-14)19(28)22-16-8-6-5-7-15(16)18(27)23-20(2,3)4/h5-8,14,21H,9-12H2,1-4H3,(H,22,28)(H,23,27). The van der Waals surface area contributed by atoms with Gasteiger partial charge in [0.15, 0.2) is 5.69 Å². The molecule has 0 bridgehead atoms. The van der Waals surface area contributed by atoms with E-state index >= 15 is 0 Å². The molecular formula is C20H28N6O2. The zero-order valence-corrected chi connectivity index (χ0v) is 16.9. The Kier molecular flexibility index (Phi) is 5.79. The lowest BCUT2D eigenvalue weighted by molar-refractivity contribution is 0.0920. The van der Waals surface area contributed by atoms with Gasteiger partial charge in [0.25, 0.3) is 11.8 Å². The maximum Gasteiger partial charge on any atom is 0.278 e. The molecule has 0 radical (unpaired) electrons. The number of hydrogen-bond acceptors (Lipinski definition) is 5. The lowest BCUT2D eigenvalue weighted by atomic mass is 10.1. The van der Waals surface area contributed by atoms with E-state index in [-0.39, 0.29) is 29.1 Å². The molecule has 28 heavy (non-hydrogen) atoms. The fraction of sp³-hybridized carbons (Fsp3) is 0.500. The van der Waals surface area contributed by atoms with Crippen LogP contribution in [0.5, 0.6) is 0 Å². The van der Waals surface area contributed by atoms with Gasteiger partial charge in [0.2, 0.25) is 0 Å². The normalized spacial score (nSPS) is 15.3. The van der Waals surface area contributed by atoms with Gasteiger partial charge in [0.05, 0.1) is 23.0 Å². The summed E-state index contributed by atoms with van der Waals surface area (Å²) in [4.78, 5) is 25.4. The molecule has 1 aliphatic rings. The number of anilines is 1. The minimum atomic E-state index is -0.373. The highest BCUT2D eigenvalue weighted by molar-refractivity contribution is 6.08. The molecule has 150 valence electrons. The van der Waals surface area contributed by atoms with Crippen LogP contribution in [0.3, 0.4) is 0 Å². The van der Waals surface area contributed by atoms with Crippen LogP contribution in [-0.4, -0.2) is 45.4 Å². The average Bonchev–Trinajstić information content (AvgIpc) is 3.03. The summed E-state index contributed by atoms with van der Waals surface area (Å²) in [6.45, 7) is 9.45. The predicted molar refractivity (Wildman–Crippen MR) is 108 cm³/mol. The molecule has 2 amide bonds. The largest absolute Gasteiger partial charge is 0.347 e. The third-order valence-electron chi connectivity index (χ3n) is 4.71. The van der Waals surface area contributed by atoms with Crippen LogP contribution in [0.1, 0.15) is 66.2 Å². The third kappa shape index (κ3) is 4.56. The molecular weight excluding hydrogens is 356 g/mol.